The van der Waals surface area contributed by atoms with Gasteiger partial charge in [-0.2, -0.15) is 0 Å². The average Bonchev–Trinajstić information content (AvgIpc) is 3.30. The van der Waals surface area contributed by atoms with E-state index in [0.717, 1.165) is 22.2 Å². The Morgan fingerprint density at radius 1 is 1.19 bits per heavy atom. The van der Waals surface area contributed by atoms with E-state index in [4.69, 9.17) is 4.42 Å². The molecule has 0 bridgehead atoms. The molecule has 0 fully saturated rings. The van der Waals surface area contributed by atoms with Gasteiger partial charge in [-0.3, -0.25) is 4.79 Å². The highest BCUT2D eigenvalue weighted by Gasteiger charge is 2.10. The zero-order valence-corrected chi connectivity index (χ0v) is 14.1. The molecule has 0 unspecified atom stereocenters. The lowest BCUT2D eigenvalue weighted by molar-refractivity contribution is 0.0947. The van der Waals surface area contributed by atoms with E-state index in [1.807, 2.05) is 37.3 Å². The Balaban J connectivity index is 1.40. The number of carbonyl (C=O) groups excluding carboxylic acids is 1. The molecular weight excluding hydrogens is 332 g/mol. The standard InChI is InChI=1S/C18H16N6O2/c1-12-3-2-4-15-17(12)21-16(26-15)9-19-18(25)14-7-5-13(6-8-14)10-24-11-20-22-23-24/h2-8,11H,9-10H2,1H3,(H,19,25). The van der Waals surface area contributed by atoms with Gasteiger partial charge < -0.3 is 9.73 Å². The summed E-state index contributed by atoms with van der Waals surface area (Å²) in [6.45, 7) is 2.76. The van der Waals surface area contributed by atoms with E-state index in [0.29, 0.717) is 18.0 Å². The van der Waals surface area contributed by atoms with Crippen LogP contribution in [0.5, 0.6) is 0 Å². The van der Waals surface area contributed by atoms with Crippen LogP contribution in [0.2, 0.25) is 0 Å². The van der Waals surface area contributed by atoms with Crippen molar-refractivity contribution in [1.29, 1.82) is 0 Å². The highest BCUT2D eigenvalue weighted by Crippen LogP contribution is 2.18. The fourth-order valence-corrected chi connectivity index (χ4v) is 2.67. The van der Waals surface area contributed by atoms with Crippen molar-refractivity contribution in [2.24, 2.45) is 0 Å². The lowest BCUT2D eigenvalue weighted by atomic mass is 10.1. The molecule has 2 heterocycles. The third kappa shape index (κ3) is 3.30. The van der Waals surface area contributed by atoms with Crippen molar-refractivity contribution in [2.75, 3.05) is 0 Å². The van der Waals surface area contributed by atoms with Crippen LogP contribution in [-0.2, 0) is 13.1 Å². The largest absolute Gasteiger partial charge is 0.439 e. The zero-order valence-electron chi connectivity index (χ0n) is 14.1. The average molecular weight is 348 g/mol. The first-order valence-electron chi connectivity index (χ1n) is 8.12. The van der Waals surface area contributed by atoms with Crippen LogP contribution in [0.4, 0.5) is 0 Å². The Kier molecular flexibility index (Phi) is 4.14. The molecule has 130 valence electrons. The predicted molar refractivity (Wildman–Crippen MR) is 93.3 cm³/mol. The second kappa shape index (κ2) is 6.75. The Morgan fingerprint density at radius 2 is 2.04 bits per heavy atom. The molecule has 0 atom stereocenters. The quantitative estimate of drug-likeness (QED) is 0.593. The Labute approximate surface area is 148 Å². The summed E-state index contributed by atoms with van der Waals surface area (Å²) in [5.74, 6) is 0.302. The second-order valence-corrected chi connectivity index (χ2v) is 5.92. The number of benzene rings is 2. The number of carbonyl (C=O) groups is 1. The minimum absolute atomic E-state index is 0.182. The monoisotopic (exact) mass is 348 g/mol. The minimum Gasteiger partial charge on any atom is -0.439 e. The van der Waals surface area contributed by atoms with Crippen LogP contribution in [0, 0.1) is 6.92 Å². The van der Waals surface area contributed by atoms with E-state index in [-0.39, 0.29) is 12.5 Å². The summed E-state index contributed by atoms with van der Waals surface area (Å²) in [7, 11) is 0. The minimum atomic E-state index is -0.182. The molecule has 8 nitrogen and oxygen atoms in total. The molecular formula is C18H16N6O2. The first-order valence-corrected chi connectivity index (χ1v) is 8.12. The maximum atomic E-state index is 12.3. The molecule has 0 aliphatic heterocycles. The number of aromatic nitrogens is 5. The van der Waals surface area contributed by atoms with E-state index >= 15 is 0 Å². The molecule has 26 heavy (non-hydrogen) atoms. The molecule has 4 rings (SSSR count). The lowest BCUT2D eigenvalue weighted by Crippen LogP contribution is -2.22. The number of hydrogen-bond acceptors (Lipinski definition) is 6. The zero-order chi connectivity index (χ0) is 17.9. The molecule has 2 aromatic heterocycles. The topological polar surface area (TPSA) is 98.7 Å². The molecule has 2 aromatic carbocycles. The number of fused-ring (bicyclic) bond motifs is 1. The van der Waals surface area contributed by atoms with Crippen molar-refractivity contribution in [3.8, 4) is 0 Å². The Hall–Kier alpha value is -3.55. The molecule has 8 heteroatoms. The number of para-hydroxylation sites is 1. The summed E-state index contributed by atoms with van der Waals surface area (Å²) >= 11 is 0. The number of aryl methyl sites for hydroxylation is 1. The van der Waals surface area contributed by atoms with Crippen LogP contribution >= 0.6 is 0 Å². The van der Waals surface area contributed by atoms with E-state index in [1.54, 1.807) is 23.1 Å². The third-order valence-corrected chi connectivity index (χ3v) is 4.02. The molecule has 0 saturated carbocycles. The number of nitrogens with zero attached hydrogens (tertiary/aromatic N) is 5. The van der Waals surface area contributed by atoms with Gasteiger partial charge in [0.05, 0.1) is 13.1 Å². The smallest absolute Gasteiger partial charge is 0.251 e. The number of oxazole rings is 1. The molecule has 4 aromatic rings. The van der Waals surface area contributed by atoms with Crippen LogP contribution < -0.4 is 5.32 Å². The molecule has 1 amide bonds. The fraction of sp³-hybridized carbons (Fsp3) is 0.167. The first-order chi connectivity index (χ1) is 12.7. The van der Waals surface area contributed by atoms with Crippen LogP contribution in [0.25, 0.3) is 11.1 Å². The van der Waals surface area contributed by atoms with E-state index < -0.39 is 0 Å². The van der Waals surface area contributed by atoms with Gasteiger partial charge in [-0.25, -0.2) is 9.67 Å². The van der Waals surface area contributed by atoms with Crippen molar-refractivity contribution in [2.45, 2.75) is 20.0 Å². The van der Waals surface area contributed by atoms with Gasteiger partial charge in [-0.15, -0.1) is 5.10 Å². The van der Waals surface area contributed by atoms with Crippen LogP contribution in [0.1, 0.15) is 27.4 Å². The van der Waals surface area contributed by atoms with E-state index in [2.05, 4.69) is 25.8 Å². The van der Waals surface area contributed by atoms with Crippen LogP contribution in [-0.4, -0.2) is 31.1 Å². The van der Waals surface area contributed by atoms with Crippen LogP contribution in [0.3, 0.4) is 0 Å². The first kappa shape index (κ1) is 15.9. The Bertz CT molecular complexity index is 1040. The Morgan fingerprint density at radius 3 is 2.77 bits per heavy atom. The van der Waals surface area contributed by atoms with Crippen LogP contribution in [0.15, 0.2) is 53.2 Å². The van der Waals surface area contributed by atoms with Gasteiger partial charge in [0.25, 0.3) is 5.91 Å². The van der Waals surface area contributed by atoms with Gasteiger partial charge in [0.2, 0.25) is 5.89 Å². The molecule has 0 spiro atoms. The maximum Gasteiger partial charge on any atom is 0.251 e. The molecule has 0 saturated heterocycles. The number of rotatable bonds is 5. The van der Waals surface area contributed by atoms with Gasteiger partial charge >= 0.3 is 0 Å². The van der Waals surface area contributed by atoms with E-state index in [9.17, 15) is 4.79 Å². The van der Waals surface area contributed by atoms with Gasteiger partial charge in [-0.1, -0.05) is 24.3 Å². The summed E-state index contributed by atoms with van der Waals surface area (Å²) < 4.78 is 7.28. The van der Waals surface area contributed by atoms with Crippen molar-refractivity contribution >= 4 is 17.0 Å². The summed E-state index contributed by atoms with van der Waals surface area (Å²) in [6, 6.07) is 13.0. The second-order valence-electron chi connectivity index (χ2n) is 5.92. The normalized spacial score (nSPS) is 11.0. The molecule has 0 radical (unpaired) electrons. The highest BCUT2D eigenvalue weighted by atomic mass is 16.3. The van der Waals surface area contributed by atoms with Crippen molar-refractivity contribution in [3.05, 3.63) is 71.4 Å². The van der Waals surface area contributed by atoms with Crippen molar-refractivity contribution < 1.29 is 9.21 Å². The van der Waals surface area contributed by atoms with Crippen molar-refractivity contribution in [1.82, 2.24) is 30.5 Å². The number of hydrogen-bond donors (Lipinski definition) is 1. The van der Waals surface area contributed by atoms with Gasteiger partial charge in [0.1, 0.15) is 11.8 Å². The fourth-order valence-electron chi connectivity index (χ4n) is 2.67. The van der Waals surface area contributed by atoms with Gasteiger partial charge in [-0.05, 0) is 46.7 Å². The summed E-state index contributed by atoms with van der Waals surface area (Å²) in [6.07, 6.45) is 1.54. The summed E-state index contributed by atoms with van der Waals surface area (Å²) in [5.41, 5.74) is 4.16. The van der Waals surface area contributed by atoms with E-state index in [1.165, 1.54) is 0 Å². The molecule has 0 aliphatic carbocycles. The summed E-state index contributed by atoms with van der Waals surface area (Å²) in [5, 5.41) is 13.8. The van der Waals surface area contributed by atoms with Gasteiger partial charge in [0, 0.05) is 5.56 Å². The molecule has 0 aliphatic rings. The third-order valence-electron chi connectivity index (χ3n) is 4.02. The number of amides is 1. The SMILES string of the molecule is Cc1cccc2oc(CNC(=O)c3ccc(Cn4cnnn4)cc3)nc12. The maximum absolute atomic E-state index is 12.3. The van der Waals surface area contributed by atoms with Crippen molar-refractivity contribution in [3.63, 3.8) is 0 Å². The predicted octanol–water partition coefficient (Wildman–Crippen LogP) is 2.10. The lowest BCUT2D eigenvalue weighted by Gasteiger charge is -2.04. The highest BCUT2D eigenvalue weighted by molar-refractivity contribution is 5.94. The number of nitrogens with one attached hydrogen (secondary N) is 1. The summed E-state index contributed by atoms with van der Waals surface area (Å²) in [4.78, 5) is 16.7. The molecule has 1 N–H and O–H groups in total. The number of tetrazole rings is 1. The van der Waals surface area contributed by atoms with Gasteiger partial charge in [0.15, 0.2) is 5.58 Å².